The Morgan fingerprint density at radius 3 is 2.68 bits per heavy atom. The van der Waals surface area contributed by atoms with Crippen LogP contribution in [0.3, 0.4) is 0 Å². The summed E-state index contributed by atoms with van der Waals surface area (Å²) in [6, 6.07) is 15.4. The van der Waals surface area contributed by atoms with Gasteiger partial charge in [-0.05, 0) is 30.7 Å². The van der Waals surface area contributed by atoms with Crippen molar-refractivity contribution < 1.29 is 9.53 Å². The molecular weight excluding hydrogens is 276 g/mol. The molecule has 3 rings (SSSR count). The number of H-pyrrole nitrogens is 1. The SMILES string of the molecule is COc1ccccc1NC(=O)Cc1c(C)[nH]c2ccccc12. The lowest BCUT2D eigenvalue weighted by Gasteiger charge is -2.10. The summed E-state index contributed by atoms with van der Waals surface area (Å²) in [7, 11) is 1.59. The standard InChI is InChI=1S/C18H18N2O2/c1-12-14(13-7-3-4-8-15(13)19-12)11-18(21)20-16-9-5-6-10-17(16)22-2/h3-10,19H,11H2,1-2H3,(H,20,21). The fourth-order valence-corrected chi connectivity index (χ4v) is 2.67. The minimum Gasteiger partial charge on any atom is -0.495 e. The monoisotopic (exact) mass is 294 g/mol. The lowest BCUT2D eigenvalue weighted by Crippen LogP contribution is -2.15. The van der Waals surface area contributed by atoms with Gasteiger partial charge in [0.2, 0.25) is 5.91 Å². The van der Waals surface area contributed by atoms with Crippen LogP contribution in [0.4, 0.5) is 5.69 Å². The highest BCUT2D eigenvalue weighted by Crippen LogP contribution is 2.25. The Balaban J connectivity index is 1.83. The molecule has 0 aliphatic carbocycles. The summed E-state index contributed by atoms with van der Waals surface area (Å²) in [5.74, 6) is 0.601. The second kappa shape index (κ2) is 5.93. The lowest BCUT2D eigenvalue weighted by atomic mass is 10.1. The Labute approximate surface area is 129 Å². The zero-order chi connectivity index (χ0) is 15.5. The molecule has 1 amide bonds. The van der Waals surface area contributed by atoms with E-state index >= 15 is 0 Å². The fraction of sp³-hybridized carbons (Fsp3) is 0.167. The van der Waals surface area contributed by atoms with Crippen LogP contribution in [0.5, 0.6) is 5.75 Å². The molecule has 4 heteroatoms. The first-order valence-corrected chi connectivity index (χ1v) is 7.18. The minimum atomic E-state index is -0.0580. The van der Waals surface area contributed by atoms with Gasteiger partial charge in [-0.15, -0.1) is 0 Å². The van der Waals surface area contributed by atoms with Gasteiger partial charge in [0.25, 0.3) is 0 Å². The number of aryl methyl sites for hydroxylation is 1. The zero-order valence-electron chi connectivity index (χ0n) is 12.6. The Kier molecular flexibility index (Phi) is 3.83. The summed E-state index contributed by atoms with van der Waals surface area (Å²) >= 11 is 0. The number of para-hydroxylation sites is 3. The number of fused-ring (bicyclic) bond motifs is 1. The van der Waals surface area contributed by atoms with E-state index in [0.29, 0.717) is 17.9 Å². The fourth-order valence-electron chi connectivity index (χ4n) is 2.67. The molecule has 2 N–H and O–H groups in total. The average Bonchev–Trinajstić information content (AvgIpc) is 2.84. The predicted molar refractivity (Wildman–Crippen MR) is 88.4 cm³/mol. The van der Waals surface area contributed by atoms with Crippen LogP contribution < -0.4 is 10.1 Å². The molecule has 0 aliphatic heterocycles. The molecule has 3 aromatic rings. The van der Waals surface area contributed by atoms with Crippen molar-refractivity contribution in [3.8, 4) is 5.75 Å². The third-order valence-electron chi connectivity index (χ3n) is 3.75. The average molecular weight is 294 g/mol. The number of aromatic nitrogens is 1. The highest BCUT2D eigenvalue weighted by Gasteiger charge is 2.13. The molecular formula is C18H18N2O2. The molecule has 0 unspecified atom stereocenters. The van der Waals surface area contributed by atoms with Crippen LogP contribution >= 0.6 is 0 Å². The molecule has 0 fully saturated rings. The van der Waals surface area contributed by atoms with Crippen molar-refractivity contribution in [1.82, 2.24) is 4.98 Å². The van der Waals surface area contributed by atoms with Gasteiger partial charge in [-0.25, -0.2) is 0 Å². The molecule has 112 valence electrons. The summed E-state index contributed by atoms with van der Waals surface area (Å²) < 4.78 is 5.25. The number of benzene rings is 2. The van der Waals surface area contributed by atoms with E-state index in [-0.39, 0.29) is 5.91 Å². The summed E-state index contributed by atoms with van der Waals surface area (Å²) in [4.78, 5) is 15.7. The van der Waals surface area contributed by atoms with E-state index in [9.17, 15) is 4.79 Å². The van der Waals surface area contributed by atoms with E-state index in [2.05, 4.69) is 10.3 Å². The van der Waals surface area contributed by atoms with Crippen LogP contribution in [-0.2, 0) is 11.2 Å². The van der Waals surface area contributed by atoms with E-state index in [1.807, 2.05) is 55.5 Å². The zero-order valence-corrected chi connectivity index (χ0v) is 12.6. The third-order valence-corrected chi connectivity index (χ3v) is 3.75. The van der Waals surface area contributed by atoms with E-state index < -0.39 is 0 Å². The number of hydrogen-bond acceptors (Lipinski definition) is 2. The molecule has 0 saturated heterocycles. The van der Waals surface area contributed by atoms with Crippen molar-refractivity contribution in [3.63, 3.8) is 0 Å². The van der Waals surface area contributed by atoms with E-state index in [0.717, 1.165) is 22.2 Å². The summed E-state index contributed by atoms with van der Waals surface area (Å²) in [6.07, 6.45) is 0.327. The van der Waals surface area contributed by atoms with Gasteiger partial charge < -0.3 is 15.0 Å². The Morgan fingerprint density at radius 1 is 1.14 bits per heavy atom. The van der Waals surface area contributed by atoms with Gasteiger partial charge in [0.05, 0.1) is 19.2 Å². The molecule has 0 bridgehead atoms. The quantitative estimate of drug-likeness (QED) is 0.771. The van der Waals surface area contributed by atoms with Gasteiger partial charge in [-0.2, -0.15) is 0 Å². The van der Waals surface area contributed by atoms with Crippen molar-refractivity contribution in [1.29, 1.82) is 0 Å². The second-order valence-corrected chi connectivity index (χ2v) is 5.20. The van der Waals surface area contributed by atoms with Crippen LogP contribution in [0.2, 0.25) is 0 Å². The maximum absolute atomic E-state index is 12.4. The molecule has 1 aromatic heterocycles. The number of nitrogens with one attached hydrogen (secondary N) is 2. The number of anilines is 1. The topological polar surface area (TPSA) is 54.1 Å². The van der Waals surface area contributed by atoms with Crippen molar-refractivity contribution >= 4 is 22.5 Å². The second-order valence-electron chi connectivity index (χ2n) is 5.20. The summed E-state index contributed by atoms with van der Waals surface area (Å²) in [5, 5.41) is 4.01. The molecule has 1 heterocycles. The first kappa shape index (κ1) is 14.2. The molecule has 0 saturated carbocycles. The Hall–Kier alpha value is -2.75. The van der Waals surface area contributed by atoms with Crippen LogP contribution in [0, 0.1) is 6.92 Å². The lowest BCUT2D eigenvalue weighted by molar-refractivity contribution is -0.115. The van der Waals surface area contributed by atoms with Crippen molar-refractivity contribution in [2.45, 2.75) is 13.3 Å². The largest absolute Gasteiger partial charge is 0.495 e. The van der Waals surface area contributed by atoms with E-state index in [1.54, 1.807) is 7.11 Å². The third kappa shape index (κ3) is 2.68. The van der Waals surface area contributed by atoms with Gasteiger partial charge in [0.15, 0.2) is 0 Å². The van der Waals surface area contributed by atoms with Crippen LogP contribution in [0.15, 0.2) is 48.5 Å². The minimum absolute atomic E-state index is 0.0580. The molecule has 0 atom stereocenters. The molecule has 0 spiro atoms. The molecule has 4 nitrogen and oxygen atoms in total. The van der Waals surface area contributed by atoms with Crippen LogP contribution in [0.1, 0.15) is 11.3 Å². The van der Waals surface area contributed by atoms with Crippen LogP contribution in [-0.4, -0.2) is 18.0 Å². The molecule has 0 radical (unpaired) electrons. The van der Waals surface area contributed by atoms with Crippen molar-refractivity contribution in [2.75, 3.05) is 12.4 Å². The molecule has 22 heavy (non-hydrogen) atoms. The first-order chi connectivity index (χ1) is 10.7. The van der Waals surface area contributed by atoms with Gasteiger partial charge in [0.1, 0.15) is 5.75 Å². The number of amides is 1. The summed E-state index contributed by atoms with van der Waals surface area (Å²) in [6.45, 7) is 1.99. The number of rotatable bonds is 4. The molecule has 0 aliphatic rings. The van der Waals surface area contributed by atoms with Gasteiger partial charge in [-0.1, -0.05) is 30.3 Å². The maximum atomic E-state index is 12.4. The smallest absolute Gasteiger partial charge is 0.228 e. The first-order valence-electron chi connectivity index (χ1n) is 7.18. The normalized spacial score (nSPS) is 10.6. The number of carbonyl (C=O) groups excluding carboxylic acids is 1. The highest BCUT2D eigenvalue weighted by molar-refractivity contribution is 5.97. The van der Waals surface area contributed by atoms with E-state index in [1.165, 1.54) is 0 Å². The van der Waals surface area contributed by atoms with Crippen molar-refractivity contribution in [2.24, 2.45) is 0 Å². The van der Waals surface area contributed by atoms with E-state index in [4.69, 9.17) is 4.74 Å². The number of ether oxygens (including phenoxy) is 1. The predicted octanol–water partition coefficient (Wildman–Crippen LogP) is 3.67. The Morgan fingerprint density at radius 2 is 1.86 bits per heavy atom. The maximum Gasteiger partial charge on any atom is 0.228 e. The van der Waals surface area contributed by atoms with Gasteiger partial charge in [-0.3, -0.25) is 4.79 Å². The van der Waals surface area contributed by atoms with Gasteiger partial charge >= 0.3 is 0 Å². The summed E-state index contributed by atoms with van der Waals surface area (Å²) in [5.41, 5.74) is 3.80. The number of aromatic amines is 1. The Bertz CT molecular complexity index is 821. The number of methoxy groups -OCH3 is 1. The number of hydrogen-bond donors (Lipinski definition) is 2. The van der Waals surface area contributed by atoms with Crippen LogP contribution in [0.25, 0.3) is 10.9 Å². The molecule has 2 aromatic carbocycles. The number of carbonyl (C=O) groups is 1. The van der Waals surface area contributed by atoms with Crippen molar-refractivity contribution in [3.05, 3.63) is 59.8 Å². The van der Waals surface area contributed by atoms with Gasteiger partial charge in [0, 0.05) is 16.6 Å². The highest BCUT2D eigenvalue weighted by atomic mass is 16.5.